The van der Waals surface area contributed by atoms with Crippen LogP contribution in [0.2, 0.25) is 0 Å². The Bertz CT molecular complexity index is 726. The van der Waals surface area contributed by atoms with E-state index in [4.69, 9.17) is 9.47 Å². The number of carbonyl (C=O) groups is 3. The first-order chi connectivity index (χ1) is 9.97. The number of hydrogen-bond acceptors (Lipinski definition) is 5. The molecule has 0 N–H and O–H groups in total. The summed E-state index contributed by atoms with van der Waals surface area (Å²) in [6.07, 6.45) is 0. The van der Waals surface area contributed by atoms with Gasteiger partial charge in [0.1, 0.15) is 5.76 Å². The van der Waals surface area contributed by atoms with E-state index in [1.807, 2.05) is 6.92 Å². The van der Waals surface area contributed by atoms with Crippen LogP contribution in [0.4, 0.5) is 0 Å². The molecule has 0 saturated heterocycles. The van der Waals surface area contributed by atoms with Crippen LogP contribution in [0.25, 0.3) is 5.76 Å². The van der Waals surface area contributed by atoms with Crippen LogP contribution >= 0.6 is 0 Å². The molecule has 1 aromatic rings. The van der Waals surface area contributed by atoms with Crippen molar-refractivity contribution >= 4 is 23.3 Å². The van der Waals surface area contributed by atoms with Gasteiger partial charge in [-0.3, -0.25) is 9.59 Å². The summed E-state index contributed by atoms with van der Waals surface area (Å²) in [5.41, 5.74) is 1.99. The van der Waals surface area contributed by atoms with Crippen molar-refractivity contribution in [2.75, 3.05) is 13.7 Å². The van der Waals surface area contributed by atoms with E-state index >= 15 is 0 Å². The molecule has 2 aliphatic rings. The van der Waals surface area contributed by atoms with Gasteiger partial charge in [0.15, 0.2) is 0 Å². The molecule has 1 atom stereocenters. The molecule has 108 valence electrons. The monoisotopic (exact) mass is 286 g/mol. The van der Waals surface area contributed by atoms with E-state index in [0.29, 0.717) is 23.5 Å². The molecule has 0 saturated carbocycles. The van der Waals surface area contributed by atoms with Gasteiger partial charge in [-0.1, -0.05) is 13.0 Å². The third-order valence-corrected chi connectivity index (χ3v) is 3.99. The van der Waals surface area contributed by atoms with Gasteiger partial charge in [-0.25, -0.2) is 4.79 Å². The van der Waals surface area contributed by atoms with Crippen LogP contribution in [0.1, 0.15) is 51.6 Å². The number of carbonyl (C=O) groups excluding carboxylic acids is 3. The van der Waals surface area contributed by atoms with Gasteiger partial charge in [-0.05, 0) is 18.6 Å². The van der Waals surface area contributed by atoms with Gasteiger partial charge in [-0.2, -0.15) is 0 Å². The highest BCUT2D eigenvalue weighted by atomic mass is 16.5. The Morgan fingerprint density at radius 3 is 2.62 bits per heavy atom. The Balaban J connectivity index is 2.40. The number of methoxy groups -OCH3 is 1. The van der Waals surface area contributed by atoms with E-state index in [9.17, 15) is 14.4 Å². The molecular weight excluding hydrogens is 272 g/mol. The molecule has 1 heterocycles. The fourth-order valence-corrected chi connectivity index (χ4v) is 2.84. The molecule has 1 unspecified atom stereocenters. The van der Waals surface area contributed by atoms with Gasteiger partial charge in [0, 0.05) is 17.1 Å². The molecule has 5 nitrogen and oxygen atoms in total. The number of benzene rings is 1. The maximum atomic E-state index is 12.4. The van der Waals surface area contributed by atoms with Crippen LogP contribution in [0.15, 0.2) is 17.7 Å². The first-order valence-electron chi connectivity index (χ1n) is 6.65. The molecule has 1 aromatic carbocycles. The molecule has 0 amide bonds. The van der Waals surface area contributed by atoms with Crippen molar-refractivity contribution in [1.29, 1.82) is 0 Å². The van der Waals surface area contributed by atoms with Crippen molar-refractivity contribution in [3.63, 3.8) is 0 Å². The Labute approximate surface area is 121 Å². The summed E-state index contributed by atoms with van der Waals surface area (Å²) in [5.74, 6) is -1.44. The molecule has 21 heavy (non-hydrogen) atoms. The van der Waals surface area contributed by atoms with E-state index in [1.54, 1.807) is 19.1 Å². The highest BCUT2D eigenvalue weighted by molar-refractivity contribution is 6.53. The average molecular weight is 286 g/mol. The summed E-state index contributed by atoms with van der Waals surface area (Å²) in [5, 5.41) is 0. The molecule has 3 rings (SSSR count). The fraction of sp³-hybridized carbons (Fsp3) is 0.312. The molecular formula is C16H14O5. The van der Waals surface area contributed by atoms with Crippen LogP contribution < -0.4 is 0 Å². The summed E-state index contributed by atoms with van der Waals surface area (Å²) in [6.45, 7) is 3.99. The molecule has 1 aliphatic heterocycles. The minimum atomic E-state index is -0.675. The van der Waals surface area contributed by atoms with Gasteiger partial charge >= 0.3 is 5.97 Å². The van der Waals surface area contributed by atoms with Crippen LogP contribution in [0, 0.1) is 0 Å². The van der Waals surface area contributed by atoms with Gasteiger partial charge in [0.25, 0.3) is 0 Å². The lowest BCUT2D eigenvalue weighted by molar-refractivity contribution is -0.112. The standard InChI is InChI=1S/C16H14O5/c1-7-6-21-15-8(2)13(17)14(18)11-10(16(19)20-3)5-4-9(7)12(11)15/h4-5,7H,6H2,1-3H3. The van der Waals surface area contributed by atoms with Crippen LogP contribution in [-0.2, 0) is 14.3 Å². The second kappa shape index (κ2) is 4.55. The summed E-state index contributed by atoms with van der Waals surface area (Å²) >= 11 is 0. The van der Waals surface area contributed by atoms with Gasteiger partial charge < -0.3 is 9.47 Å². The van der Waals surface area contributed by atoms with Crippen molar-refractivity contribution in [2.24, 2.45) is 0 Å². The van der Waals surface area contributed by atoms with Crippen LogP contribution in [0.5, 0.6) is 0 Å². The zero-order valence-corrected chi connectivity index (χ0v) is 12.0. The molecule has 0 radical (unpaired) electrons. The highest BCUT2D eigenvalue weighted by Crippen LogP contribution is 2.41. The minimum Gasteiger partial charge on any atom is -0.492 e. The number of ether oxygens (including phenoxy) is 2. The lowest BCUT2D eigenvalue weighted by atomic mass is 9.79. The molecule has 0 spiro atoms. The van der Waals surface area contributed by atoms with E-state index in [-0.39, 0.29) is 17.0 Å². The zero-order chi connectivity index (χ0) is 15.3. The summed E-state index contributed by atoms with van der Waals surface area (Å²) in [4.78, 5) is 36.3. The fourth-order valence-electron chi connectivity index (χ4n) is 2.84. The average Bonchev–Trinajstić information content (AvgIpc) is 2.50. The Hall–Kier alpha value is -2.43. The Kier molecular flexibility index (Phi) is 2.93. The van der Waals surface area contributed by atoms with Crippen molar-refractivity contribution in [2.45, 2.75) is 19.8 Å². The molecule has 1 aliphatic carbocycles. The predicted octanol–water partition coefficient (Wildman–Crippen LogP) is 2.10. The van der Waals surface area contributed by atoms with Gasteiger partial charge in [0.2, 0.25) is 11.6 Å². The SMILES string of the molecule is COC(=O)c1ccc2c3c1C(=O)C(=O)C(C)=C3OCC2C. The highest BCUT2D eigenvalue weighted by Gasteiger charge is 2.39. The number of allylic oxidation sites excluding steroid dienone is 1. The van der Waals surface area contributed by atoms with E-state index in [1.165, 1.54) is 7.11 Å². The van der Waals surface area contributed by atoms with E-state index < -0.39 is 17.5 Å². The third kappa shape index (κ3) is 1.73. The third-order valence-electron chi connectivity index (χ3n) is 3.99. The molecule has 5 heteroatoms. The summed E-state index contributed by atoms with van der Waals surface area (Å²) in [6, 6.07) is 3.35. The van der Waals surface area contributed by atoms with Gasteiger partial charge in [-0.15, -0.1) is 0 Å². The van der Waals surface area contributed by atoms with Crippen LogP contribution in [0.3, 0.4) is 0 Å². The van der Waals surface area contributed by atoms with Crippen LogP contribution in [-0.4, -0.2) is 31.3 Å². The molecule has 0 bridgehead atoms. The second-order valence-electron chi connectivity index (χ2n) is 5.27. The van der Waals surface area contributed by atoms with Crippen molar-refractivity contribution in [3.05, 3.63) is 40.0 Å². The largest absolute Gasteiger partial charge is 0.492 e. The van der Waals surface area contributed by atoms with Crippen molar-refractivity contribution in [1.82, 2.24) is 0 Å². The predicted molar refractivity (Wildman–Crippen MR) is 74.1 cm³/mol. The quantitative estimate of drug-likeness (QED) is 0.584. The maximum Gasteiger partial charge on any atom is 0.338 e. The zero-order valence-electron chi connectivity index (χ0n) is 12.0. The summed E-state index contributed by atoms with van der Waals surface area (Å²) in [7, 11) is 1.24. The van der Waals surface area contributed by atoms with Crippen molar-refractivity contribution < 1.29 is 23.9 Å². The Morgan fingerprint density at radius 2 is 1.95 bits per heavy atom. The molecule has 0 fully saturated rings. The normalized spacial score (nSPS) is 20.0. The van der Waals surface area contributed by atoms with Crippen molar-refractivity contribution in [3.8, 4) is 0 Å². The molecule has 0 aromatic heterocycles. The lowest BCUT2D eigenvalue weighted by Gasteiger charge is -2.31. The lowest BCUT2D eigenvalue weighted by Crippen LogP contribution is -2.30. The summed E-state index contributed by atoms with van der Waals surface area (Å²) < 4.78 is 10.4. The number of hydrogen-bond donors (Lipinski definition) is 0. The first-order valence-corrected chi connectivity index (χ1v) is 6.65. The van der Waals surface area contributed by atoms with E-state index in [0.717, 1.165) is 5.56 Å². The second-order valence-corrected chi connectivity index (χ2v) is 5.27. The van der Waals surface area contributed by atoms with E-state index in [2.05, 4.69) is 0 Å². The smallest absolute Gasteiger partial charge is 0.338 e. The first kappa shape index (κ1) is 13.5. The Morgan fingerprint density at radius 1 is 1.24 bits per heavy atom. The number of esters is 1. The maximum absolute atomic E-state index is 12.4. The number of ketones is 2. The topological polar surface area (TPSA) is 69.7 Å². The number of rotatable bonds is 1. The number of Topliss-reactive ketones (excluding diaryl/α,β-unsaturated/α-hetero) is 2. The van der Waals surface area contributed by atoms with Gasteiger partial charge in [0.05, 0.1) is 24.8 Å². The minimum absolute atomic E-state index is 0.0861.